The summed E-state index contributed by atoms with van der Waals surface area (Å²) in [6, 6.07) is 5.31. The van der Waals surface area contributed by atoms with E-state index < -0.39 is 16.1 Å². The SMILES string of the molecule is Cc1ccc2c(c1)O[C@@H](C(=O)NCC1=CCCCC1)CN2S(C)(=O)=O. The number of anilines is 1. The predicted octanol–water partition coefficient (Wildman–Crippen LogP) is 2.14. The lowest BCUT2D eigenvalue weighted by Crippen LogP contribution is -2.50. The Bertz CT molecular complexity index is 801. The van der Waals surface area contributed by atoms with Crippen LogP contribution in [0.1, 0.15) is 31.2 Å². The molecule has 2 aliphatic rings. The second-order valence-corrected chi connectivity index (χ2v) is 8.60. The normalized spacial score (nSPS) is 20.3. The Labute approximate surface area is 148 Å². The van der Waals surface area contributed by atoms with Gasteiger partial charge in [-0.15, -0.1) is 0 Å². The van der Waals surface area contributed by atoms with Gasteiger partial charge in [0.05, 0.1) is 18.5 Å². The molecule has 1 aromatic rings. The van der Waals surface area contributed by atoms with Crippen molar-refractivity contribution in [3.8, 4) is 5.75 Å². The van der Waals surface area contributed by atoms with Gasteiger partial charge in [-0.2, -0.15) is 0 Å². The summed E-state index contributed by atoms with van der Waals surface area (Å²) in [5, 5.41) is 2.89. The minimum Gasteiger partial charge on any atom is -0.476 e. The molecule has 0 spiro atoms. The molecule has 3 rings (SSSR count). The highest BCUT2D eigenvalue weighted by Gasteiger charge is 2.35. The van der Waals surface area contributed by atoms with E-state index in [4.69, 9.17) is 4.74 Å². The minimum absolute atomic E-state index is 0.0141. The number of allylic oxidation sites excluding steroid dienone is 1. The van der Waals surface area contributed by atoms with E-state index in [-0.39, 0.29) is 12.5 Å². The van der Waals surface area contributed by atoms with E-state index in [1.807, 2.05) is 13.0 Å². The molecule has 1 heterocycles. The zero-order valence-electron chi connectivity index (χ0n) is 14.6. The fraction of sp³-hybridized carbons (Fsp3) is 0.500. The van der Waals surface area contributed by atoms with Gasteiger partial charge in [-0.05, 0) is 50.3 Å². The number of sulfonamides is 1. The number of rotatable bonds is 4. The Morgan fingerprint density at radius 2 is 2.16 bits per heavy atom. The zero-order valence-corrected chi connectivity index (χ0v) is 15.4. The molecule has 0 radical (unpaired) electrons. The monoisotopic (exact) mass is 364 g/mol. The highest BCUT2D eigenvalue weighted by atomic mass is 32.2. The molecule has 1 N–H and O–H groups in total. The Kier molecular flexibility index (Phi) is 5.03. The number of nitrogens with zero attached hydrogens (tertiary/aromatic N) is 1. The third-order valence-corrected chi connectivity index (χ3v) is 5.70. The quantitative estimate of drug-likeness (QED) is 0.831. The minimum atomic E-state index is -3.49. The molecular weight excluding hydrogens is 340 g/mol. The van der Waals surface area contributed by atoms with Gasteiger partial charge in [-0.3, -0.25) is 9.10 Å². The van der Waals surface area contributed by atoms with Crippen LogP contribution in [0.2, 0.25) is 0 Å². The van der Waals surface area contributed by atoms with Crippen molar-refractivity contribution in [1.82, 2.24) is 5.32 Å². The summed E-state index contributed by atoms with van der Waals surface area (Å²) in [5.74, 6) is 0.140. The van der Waals surface area contributed by atoms with E-state index >= 15 is 0 Å². The lowest BCUT2D eigenvalue weighted by Gasteiger charge is -2.34. The summed E-state index contributed by atoms with van der Waals surface area (Å²) in [6.45, 7) is 2.38. The molecule has 0 bridgehead atoms. The van der Waals surface area contributed by atoms with Crippen LogP contribution >= 0.6 is 0 Å². The van der Waals surface area contributed by atoms with Gasteiger partial charge in [0.25, 0.3) is 5.91 Å². The highest BCUT2D eigenvalue weighted by molar-refractivity contribution is 7.92. The summed E-state index contributed by atoms with van der Waals surface area (Å²) < 4.78 is 31.3. The smallest absolute Gasteiger partial charge is 0.263 e. The third kappa shape index (κ3) is 4.15. The van der Waals surface area contributed by atoms with Gasteiger partial charge in [0.15, 0.2) is 6.10 Å². The fourth-order valence-corrected chi connectivity index (χ4v) is 4.11. The number of hydrogen-bond acceptors (Lipinski definition) is 4. The fourth-order valence-electron chi connectivity index (χ4n) is 3.19. The molecular formula is C18H24N2O4S. The van der Waals surface area contributed by atoms with Crippen molar-refractivity contribution >= 4 is 21.6 Å². The van der Waals surface area contributed by atoms with Crippen LogP contribution in [-0.4, -0.2) is 39.8 Å². The van der Waals surface area contributed by atoms with Gasteiger partial charge in [0.1, 0.15) is 5.75 Å². The van der Waals surface area contributed by atoms with Crippen molar-refractivity contribution < 1.29 is 17.9 Å². The molecule has 7 heteroatoms. The van der Waals surface area contributed by atoms with E-state index in [0.717, 1.165) is 31.1 Å². The van der Waals surface area contributed by atoms with Gasteiger partial charge in [0.2, 0.25) is 10.0 Å². The van der Waals surface area contributed by atoms with Crippen molar-refractivity contribution in [2.75, 3.05) is 23.7 Å². The van der Waals surface area contributed by atoms with E-state index in [1.165, 1.54) is 16.3 Å². The van der Waals surface area contributed by atoms with Crippen molar-refractivity contribution in [2.24, 2.45) is 0 Å². The number of aryl methyl sites for hydroxylation is 1. The molecule has 0 saturated carbocycles. The molecule has 1 aromatic carbocycles. The Balaban J connectivity index is 1.76. The summed E-state index contributed by atoms with van der Waals surface area (Å²) in [7, 11) is -3.49. The van der Waals surface area contributed by atoms with Crippen LogP contribution in [0.4, 0.5) is 5.69 Å². The first-order valence-corrected chi connectivity index (χ1v) is 10.4. The van der Waals surface area contributed by atoms with Crippen LogP contribution in [0.3, 0.4) is 0 Å². The van der Waals surface area contributed by atoms with Crippen LogP contribution in [0, 0.1) is 6.92 Å². The number of nitrogens with one attached hydrogen (secondary N) is 1. The Hall–Kier alpha value is -2.02. The van der Waals surface area contributed by atoms with E-state index in [0.29, 0.717) is 18.0 Å². The zero-order chi connectivity index (χ0) is 18.0. The van der Waals surface area contributed by atoms with Crippen molar-refractivity contribution in [3.05, 3.63) is 35.4 Å². The third-order valence-electron chi connectivity index (χ3n) is 4.55. The number of amides is 1. The van der Waals surface area contributed by atoms with Gasteiger partial charge in [-0.1, -0.05) is 17.7 Å². The maximum Gasteiger partial charge on any atom is 0.263 e. The molecule has 6 nitrogen and oxygen atoms in total. The molecule has 1 aliphatic heterocycles. The van der Waals surface area contributed by atoms with E-state index in [1.54, 1.807) is 12.1 Å². The first-order valence-electron chi connectivity index (χ1n) is 8.55. The van der Waals surface area contributed by atoms with E-state index in [9.17, 15) is 13.2 Å². The number of carbonyl (C=O) groups excluding carboxylic acids is 1. The van der Waals surface area contributed by atoms with Gasteiger partial charge < -0.3 is 10.1 Å². The molecule has 0 saturated heterocycles. The first kappa shape index (κ1) is 17.8. The van der Waals surface area contributed by atoms with Crippen molar-refractivity contribution in [2.45, 2.75) is 38.7 Å². The van der Waals surface area contributed by atoms with E-state index in [2.05, 4.69) is 11.4 Å². The first-order chi connectivity index (χ1) is 11.8. The van der Waals surface area contributed by atoms with Crippen LogP contribution in [0.5, 0.6) is 5.75 Å². The standard InChI is InChI=1S/C18H24N2O4S/c1-13-8-9-15-16(10-13)24-17(12-20(15)25(2,22)23)18(21)19-11-14-6-4-3-5-7-14/h6,8-10,17H,3-5,7,11-12H2,1-2H3,(H,19,21)/t17-/m1/s1. The highest BCUT2D eigenvalue weighted by Crippen LogP contribution is 2.35. The molecule has 1 atom stereocenters. The van der Waals surface area contributed by atoms with Gasteiger partial charge in [-0.25, -0.2) is 8.42 Å². The molecule has 0 fully saturated rings. The molecule has 136 valence electrons. The summed E-state index contributed by atoms with van der Waals surface area (Å²) >= 11 is 0. The number of fused-ring (bicyclic) bond motifs is 1. The molecule has 0 unspecified atom stereocenters. The largest absolute Gasteiger partial charge is 0.476 e. The second-order valence-electron chi connectivity index (χ2n) is 6.70. The molecule has 1 amide bonds. The Morgan fingerprint density at radius 3 is 2.84 bits per heavy atom. The molecule has 25 heavy (non-hydrogen) atoms. The predicted molar refractivity (Wildman–Crippen MR) is 97.3 cm³/mol. The van der Waals surface area contributed by atoms with Gasteiger partial charge in [0, 0.05) is 6.54 Å². The summed E-state index contributed by atoms with van der Waals surface area (Å²) in [4.78, 5) is 12.5. The maximum absolute atomic E-state index is 12.5. The lowest BCUT2D eigenvalue weighted by atomic mass is 10.00. The average Bonchev–Trinajstić information content (AvgIpc) is 2.58. The number of hydrogen-bond donors (Lipinski definition) is 1. The number of carbonyl (C=O) groups is 1. The maximum atomic E-state index is 12.5. The topological polar surface area (TPSA) is 75.7 Å². The Morgan fingerprint density at radius 1 is 1.36 bits per heavy atom. The summed E-state index contributed by atoms with van der Waals surface area (Å²) in [5.41, 5.74) is 2.65. The number of ether oxygens (including phenoxy) is 1. The van der Waals surface area contributed by atoms with Crippen LogP contribution in [-0.2, 0) is 14.8 Å². The van der Waals surface area contributed by atoms with Crippen LogP contribution in [0.15, 0.2) is 29.8 Å². The number of benzene rings is 1. The van der Waals surface area contributed by atoms with Gasteiger partial charge >= 0.3 is 0 Å². The average molecular weight is 364 g/mol. The molecule has 0 aromatic heterocycles. The van der Waals surface area contributed by atoms with Crippen LogP contribution < -0.4 is 14.4 Å². The van der Waals surface area contributed by atoms with Crippen LogP contribution in [0.25, 0.3) is 0 Å². The summed E-state index contributed by atoms with van der Waals surface area (Å²) in [6.07, 6.45) is 6.87. The van der Waals surface area contributed by atoms with Crippen molar-refractivity contribution in [3.63, 3.8) is 0 Å². The lowest BCUT2D eigenvalue weighted by molar-refractivity contribution is -0.127. The second kappa shape index (κ2) is 7.07. The van der Waals surface area contributed by atoms with Crippen molar-refractivity contribution in [1.29, 1.82) is 0 Å². The molecule has 1 aliphatic carbocycles.